The third-order valence-electron chi connectivity index (χ3n) is 3.82. The lowest BCUT2D eigenvalue weighted by Gasteiger charge is -2.44. The van der Waals surface area contributed by atoms with Gasteiger partial charge in [-0.25, -0.2) is 0 Å². The van der Waals surface area contributed by atoms with Crippen molar-refractivity contribution in [3.63, 3.8) is 0 Å². The Bertz CT molecular complexity index is 219. The predicted molar refractivity (Wildman–Crippen MR) is 76.0 cm³/mol. The Morgan fingerprint density at radius 1 is 1.11 bits per heavy atom. The number of hydrogen-bond acceptors (Lipinski definition) is 3. The highest BCUT2D eigenvalue weighted by Crippen LogP contribution is 2.43. The zero-order valence-corrected chi connectivity index (χ0v) is 12.7. The van der Waals surface area contributed by atoms with Crippen LogP contribution in [-0.2, 0) is 9.47 Å². The van der Waals surface area contributed by atoms with E-state index in [1.165, 1.54) is 25.7 Å². The Labute approximate surface area is 113 Å². The summed E-state index contributed by atoms with van der Waals surface area (Å²) in [5, 5.41) is 3.65. The van der Waals surface area contributed by atoms with E-state index in [9.17, 15) is 0 Å². The number of hydrogen-bond donors (Lipinski definition) is 1. The summed E-state index contributed by atoms with van der Waals surface area (Å²) in [5.41, 5.74) is 0.733. The van der Waals surface area contributed by atoms with Crippen LogP contribution in [0.4, 0.5) is 0 Å². The lowest BCUT2D eigenvalue weighted by atomic mass is 9.66. The molecule has 0 amide bonds. The summed E-state index contributed by atoms with van der Waals surface area (Å²) >= 11 is 0. The van der Waals surface area contributed by atoms with E-state index in [0.717, 1.165) is 32.8 Å². The smallest absolute Gasteiger partial charge is 0.0487 e. The van der Waals surface area contributed by atoms with Crippen molar-refractivity contribution >= 4 is 0 Å². The van der Waals surface area contributed by atoms with Gasteiger partial charge in [0.05, 0.1) is 0 Å². The third kappa shape index (κ3) is 6.17. The molecular formula is C15H31NO2. The van der Waals surface area contributed by atoms with Gasteiger partial charge < -0.3 is 14.8 Å². The minimum Gasteiger partial charge on any atom is -0.385 e. The van der Waals surface area contributed by atoms with E-state index >= 15 is 0 Å². The summed E-state index contributed by atoms with van der Waals surface area (Å²) in [7, 11) is 1.74. The Kier molecular flexibility index (Phi) is 6.61. The fourth-order valence-corrected chi connectivity index (χ4v) is 2.34. The monoisotopic (exact) mass is 257 g/mol. The Morgan fingerprint density at radius 3 is 2.33 bits per heavy atom. The quantitative estimate of drug-likeness (QED) is 0.644. The fraction of sp³-hybridized carbons (Fsp3) is 1.00. The number of ether oxygens (including phenoxy) is 2. The lowest BCUT2D eigenvalue weighted by Crippen LogP contribution is -2.47. The van der Waals surface area contributed by atoms with Crippen LogP contribution in [-0.4, -0.2) is 39.0 Å². The van der Waals surface area contributed by atoms with E-state index in [4.69, 9.17) is 9.47 Å². The van der Waals surface area contributed by atoms with Gasteiger partial charge >= 0.3 is 0 Å². The SMILES string of the molecule is COCCCOCCC1(CNC(C)(C)C)CCC1. The first kappa shape index (κ1) is 15.9. The summed E-state index contributed by atoms with van der Waals surface area (Å²) in [4.78, 5) is 0. The van der Waals surface area contributed by atoms with Crippen LogP contribution in [0.2, 0.25) is 0 Å². The molecule has 0 unspecified atom stereocenters. The van der Waals surface area contributed by atoms with Gasteiger partial charge in [0.2, 0.25) is 0 Å². The zero-order chi connectivity index (χ0) is 13.5. The molecule has 1 aliphatic carbocycles. The molecule has 0 aromatic heterocycles. The summed E-state index contributed by atoms with van der Waals surface area (Å²) < 4.78 is 10.7. The summed E-state index contributed by atoms with van der Waals surface area (Å²) in [5.74, 6) is 0. The maximum absolute atomic E-state index is 5.69. The molecule has 0 bridgehead atoms. The molecule has 3 nitrogen and oxygen atoms in total. The fourth-order valence-electron chi connectivity index (χ4n) is 2.34. The minimum absolute atomic E-state index is 0.224. The maximum Gasteiger partial charge on any atom is 0.0487 e. The van der Waals surface area contributed by atoms with Gasteiger partial charge in [0, 0.05) is 39.0 Å². The molecule has 0 heterocycles. The highest BCUT2D eigenvalue weighted by atomic mass is 16.5. The molecule has 0 aromatic carbocycles. The Hall–Kier alpha value is -0.120. The van der Waals surface area contributed by atoms with Gasteiger partial charge in [-0.05, 0) is 51.9 Å². The normalized spacial score (nSPS) is 18.7. The van der Waals surface area contributed by atoms with Crippen molar-refractivity contribution < 1.29 is 9.47 Å². The molecule has 1 N–H and O–H groups in total. The van der Waals surface area contributed by atoms with Crippen molar-refractivity contribution in [3.8, 4) is 0 Å². The van der Waals surface area contributed by atoms with Gasteiger partial charge in [-0.1, -0.05) is 6.42 Å². The van der Waals surface area contributed by atoms with Crippen molar-refractivity contribution in [1.29, 1.82) is 0 Å². The average Bonchev–Trinajstić information content (AvgIpc) is 2.23. The van der Waals surface area contributed by atoms with Crippen LogP contribution < -0.4 is 5.32 Å². The Balaban J connectivity index is 2.12. The molecule has 1 rings (SSSR count). The van der Waals surface area contributed by atoms with Gasteiger partial charge in [-0.2, -0.15) is 0 Å². The summed E-state index contributed by atoms with van der Waals surface area (Å²) in [6, 6.07) is 0. The van der Waals surface area contributed by atoms with Crippen molar-refractivity contribution in [2.45, 2.75) is 58.4 Å². The average molecular weight is 257 g/mol. The summed E-state index contributed by atoms with van der Waals surface area (Å²) in [6.45, 7) is 10.4. The van der Waals surface area contributed by atoms with Gasteiger partial charge in [-0.15, -0.1) is 0 Å². The molecule has 0 aliphatic heterocycles. The largest absolute Gasteiger partial charge is 0.385 e. The lowest BCUT2D eigenvalue weighted by molar-refractivity contribution is 0.0385. The first-order valence-electron chi connectivity index (χ1n) is 7.29. The van der Waals surface area contributed by atoms with Crippen LogP contribution in [0, 0.1) is 5.41 Å². The molecule has 0 saturated heterocycles. The van der Waals surface area contributed by atoms with E-state index < -0.39 is 0 Å². The van der Waals surface area contributed by atoms with Crippen molar-refractivity contribution in [2.75, 3.05) is 33.5 Å². The maximum atomic E-state index is 5.69. The predicted octanol–water partition coefficient (Wildman–Crippen LogP) is 2.99. The molecule has 0 aromatic rings. The molecule has 3 heteroatoms. The molecule has 18 heavy (non-hydrogen) atoms. The molecule has 108 valence electrons. The Morgan fingerprint density at radius 2 is 1.83 bits per heavy atom. The standard InChI is InChI=1S/C15H31NO2/c1-14(2,3)16-13-15(7-5-8-15)9-12-18-11-6-10-17-4/h16H,5-13H2,1-4H3. The van der Waals surface area contributed by atoms with Crippen LogP contribution >= 0.6 is 0 Å². The second kappa shape index (κ2) is 7.46. The van der Waals surface area contributed by atoms with E-state index in [2.05, 4.69) is 26.1 Å². The van der Waals surface area contributed by atoms with Crippen LogP contribution in [0.15, 0.2) is 0 Å². The molecule has 0 atom stereocenters. The van der Waals surface area contributed by atoms with Gasteiger partial charge in [0.1, 0.15) is 0 Å². The molecule has 1 fully saturated rings. The second-order valence-electron chi connectivity index (χ2n) is 6.67. The van der Waals surface area contributed by atoms with E-state index in [1.807, 2.05) is 0 Å². The number of nitrogens with one attached hydrogen (secondary N) is 1. The number of methoxy groups -OCH3 is 1. The second-order valence-corrected chi connectivity index (χ2v) is 6.67. The summed E-state index contributed by atoms with van der Waals surface area (Å²) in [6.07, 6.45) is 6.30. The molecule has 1 aliphatic rings. The minimum atomic E-state index is 0.224. The molecular weight excluding hydrogens is 226 g/mol. The first-order valence-corrected chi connectivity index (χ1v) is 7.29. The van der Waals surface area contributed by atoms with Gasteiger partial charge in [0.25, 0.3) is 0 Å². The van der Waals surface area contributed by atoms with Crippen LogP contribution in [0.3, 0.4) is 0 Å². The third-order valence-corrected chi connectivity index (χ3v) is 3.82. The molecule has 0 radical (unpaired) electrons. The van der Waals surface area contributed by atoms with Crippen LogP contribution in [0.5, 0.6) is 0 Å². The van der Waals surface area contributed by atoms with E-state index in [-0.39, 0.29) is 5.54 Å². The van der Waals surface area contributed by atoms with Crippen molar-refractivity contribution in [1.82, 2.24) is 5.32 Å². The molecule has 1 saturated carbocycles. The number of rotatable bonds is 9. The van der Waals surface area contributed by atoms with E-state index in [0.29, 0.717) is 5.41 Å². The van der Waals surface area contributed by atoms with Crippen molar-refractivity contribution in [3.05, 3.63) is 0 Å². The molecule has 0 spiro atoms. The highest BCUT2D eigenvalue weighted by Gasteiger charge is 2.36. The van der Waals surface area contributed by atoms with Gasteiger partial charge in [0.15, 0.2) is 0 Å². The highest BCUT2D eigenvalue weighted by molar-refractivity contribution is 4.91. The van der Waals surface area contributed by atoms with Crippen LogP contribution in [0.1, 0.15) is 52.9 Å². The first-order chi connectivity index (χ1) is 8.47. The van der Waals surface area contributed by atoms with Crippen molar-refractivity contribution in [2.24, 2.45) is 5.41 Å². The van der Waals surface area contributed by atoms with E-state index in [1.54, 1.807) is 7.11 Å². The van der Waals surface area contributed by atoms with Gasteiger partial charge in [-0.3, -0.25) is 0 Å². The topological polar surface area (TPSA) is 30.5 Å². The zero-order valence-electron chi connectivity index (χ0n) is 12.7. The van der Waals surface area contributed by atoms with Crippen LogP contribution in [0.25, 0.3) is 0 Å².